The van der Waals surface area contributed by atoms with Gasteiger partial charge in [-0.2, -0.15) is 5.10 Å². The van der Waals surface area contributed by atoms with Gasteiger partial charge in [0.1, 0.15) is 5.75 Å². The molecule has 1 heterocycles. The van der Waals surface area contributed by atoms with E-state index in [9.17, 15) is 9.90 Å². The minimum Gasteiger partial charge on any atom is -0.508 e. The Hall–Kier alpha value is -3.19. The summed E-state index contributed by atoms with van der Waals surface area (Å²) >= 11 is 1.57. The van der Waals surface area contributed by atoms with Crippen molar-refractivity contribution in [2.45, 2.75) is 38.1 Å². The van der Waals surface area contributed by atoms with E-state index in [0.717, 1.165) is 39.1 Å². The number of aromatic hydroxyl groups is 1. The largest absolute Gasteiger partial charge is 0.508 e. The maximum absolute atomic E-state index is 12.4. The Morgan fingerprint density at radius 3 is 2.20 bits per heavy atom. The number of phenolic OH excluding ortho intramolecular Hbond substituents is 1. The Balaban J connectivity index is 1.60. The number of aromatic nitrogens is 2. The Labute approximate surface area is 180 Å². The Morgan fingerprint density at radius 1 is 1.00 bits per heavy atom. The quantitative estimate of drug-likeness (QED) is 0.252. The molecule has 0 aliphatic heterocycles. The molecular formula is C23H24N4O2S. The number of aryl methyl sites for hydroxylation is 2. The van der Waals surface area contributed by atoms with E-state index in [1.54, 1.807) is 48.2 Å². The third kappa shape index (κ3) is 5.90. The summed E-state index contributed by atoms with van der Waals surface area (Å²) in [6.07, 6.45) is 0.654. The zero-order valence-electron chi connectivity index (χ0n) is 17.2. The molecule has 0 bridgehead atoms. The average molecular weight is 421 g/mol. The Morgan fingerprint density at radius 2 is 1.60 bits per heavy atom. The van der Waals surface area contributed by atoms with E-state index in [1.807, 2.05) is 39.0 Å². The van der Waals surface area contributed by atoms with Crippen LogP contribution >= 0.6 is 11.8 Å². The third-order valence-electron chi connectivity index (χ3n) is 4.37. The highest BCUT2D eigenvalue weighted by Crippen LogP contribution is 2.20. The minimum atomic E-state index is -0.267. The molecule has 0 fully saturated rings. The molecule has 2 N–H and O–H groups in total. The fourth-order valence-electron chi connectivity index (χ4n) is 2.84. The molecule has 6 nitrogen and oxygen atoms in total. The zero-order valence-corrected chi connectivity index (χ0v) is 18.0. The number of amides is 1. The second kappa shape index (κ2) is 10.0. The molecule has 1 amide bonds. The van der Waals surface area contributed by atoms with Crippen LogP contribution in [0.15, 0.2) is 64.9 Å². The first-order chi connectivity index (χ1) is 14.4. The highest BCUT2D eigenvalue weighted by atomic mass is 32.2. The van der Waals surface area contributed by atoms with Crippen molar-refractivity contribution in [1.29, 1.82) is 0 Å². The van der Waals surface area contributed by atoms with Gasteiger partial charge >= 0.3 is 0 Å². The number of carbonyl (C=O) groups is 1. The first-order valence-corrected chi connectivity index (χ1v) is 10.6. The van der Waals surface area contributed by atoms with Crippen molar-refractivity contribution in [3.63, 3.8) is 0 Å². The summed E-state index contributed by atoms with van der Waals surface area (Å²) < 4.78 is 0. The Bertz CT molecular complexity index is 1030. The normalized spacial score (nSPS) is 11.4. The lowest BCUT2D eigenvalue weighted by Crippen LogP contribution is -2.20. The molecular weight excluding hydrogens is 396 g/mol. The summed E-state index contributed by atoms with van der Waals surface area (Å²) in [7, 11) is 0. The topological polar surface area (TPSA) is 87.5 Å². The van der Waals surface area contributed by atoms with Gasteiger partial charge in [0, 0.05) is 22.7 Å². The van der Waals surface area contributed by atoms with Crippen molar-refractivity contribution in [2.75, 3.05) is 0 Å². The maximum atomic E-state index is 12.4. The highest BCUT2D eigenvalue weighted by molar-refractivity contribution is 7.98. The van der Waals surface area contributed by atoms with Crippen LogP contribution < -0.4 is 5.43 Å². The SMILES string of the molecule is CC/C(=N\NC(=O)c1ccc(CSc2nc(C)cc(C)n2)cc1)c1ccc(O)cc1. The summed E-state index contributed by atoms with van der Waals surface area (Å²) in [4.78, 5) is 21.3. The lowest BCUT2D eigenvalue weighted by Gasteiger charge is -2.07. The number of benzene rings is 2. The zero-order chi connectivity index (χ0) is 21.5. The molecule has 0 aliphatic rings. The van der Waals surface area contributed by atoms with E-state index in [0.29, 0.717) is 12.0 Å². The maximum Gasteiger partial charge on any atom is 0.271 e. The molecule has 0 spiro atoms. The van der Waals surface area contributed by atoms with Gasteiger partial charge in [0.05, 0.1) is 5.71 Å². The number of nitrogens with zero attached hydrogens (tertiary/aromatic N) is 3. The van der Waals surface area contributed by atoms with Crippen molar-refractivity contribution in [2.24, 2.45) is 5.10 Å². The number of carbonyl (C=O) groups excluding carboxylic acids is 1. The second-order valence-electron chi connectivity index (χ2n) is 6.82. The molecule has 154 valence electrons. The second-order valence-corrected chi connectivity index (χ2v) is 7.76. The van der Waals surface area contributed by atoms with Gasteiger partial charge < -0.3 is 5.11 Å². The van der Waals surface area contributed by atoms with E-state index in [-0.39, 0.29) is 11.7 Å². The van der Waals surface area contributed by atoms with Crippen LogP contribution in [0.1, 0.15) is 46.2 Å². The van der Waals surface area contributed by atoms with Gasteiger partial charge in [-0.25, -0.2) is 15.4 Å². The molecule has 30 heavy (non-hydrogen) atoms. The van der Waals surface area contributed by atoms with Gasteiger partial charge in [0.2, 0.25) is 0 Å². The third-order valence-corrected chi connectivity index (χ3v) is 5.29. The van der Waals surface area contributed by atoms with Gasteiger partial charge in [0.25, 0.3) is 5.91 Å². The smallest absolute Gasteiger partial charge is 0.271 e. The van der Waals surface area contributed by atoms with Crippen LogP contribution in [-0.2, 0) is 5.75 Å². The molecule has 1 aromatic heterocycles. The molecule has 3 aromatic rings. The first kappa shape index (κ1) is 21.5. The molecule has 0 saturated heterocycles. The molecule has 0 aliphatic carbocycles. The minimum absolute atomic E-state index is 0.195. The van der Waals surface area contributed by atoms with Crippen LogP contribution in [0.5, 0.6) is 5.75 Å². The van der Waals surface area contributed by atoms with Crippen molar-refractivity contribution >= 4 is 23.4 Å². The van der Waals surface area contributed by atoms with E-state index >= 15 is 0 Å². The van der Waals surface area contributed by atoms with Gasteiger partial charge in [0.15, 0.2) is 5.16 Å². The van der Waals surface area contributed by atoms with Gasteiger partial charge in [-0.15, -0.1) is 0 Å². The predicted octanol–water partition coefficient (Wildman–Crippen LogP) is 4.64. The summed E-state index contributed by atoms with van der Waals surface area (Å²) in [5.41, 5.74) is 7.75. The summed E-state index contributed by atoms with van der Waals surface area (Å²) in [5, 5.41) is 14.4. The number of thioether (sulfide) groups is 1. The van der Waals surface area contributed by atoms with E-state index in [4.69, 9.17) is 0 Å². The van der Waals surface area contributed by atoms with Gasteiger partial charge in [-0.05, 0) is 73.9 Å². The fraction of sp³-hybridized carbons (Fsp3) is 0.217. The van der Waals surface area contributed by atoms with Crippen LogP contribution in [0.4, 0.5) is 0 Å². The highest BCUT2D eigenvalue weighted by Gasteiger charge is 2.08. The molecule has 7 heteroatoms. The summed E-state index contributed by atoms with van der Waals surface area (Å²) in [6, 6.07) is 16.1. The molecule has 0 radical (unpaired) electrons. The van der Waals surface area contributed by atoms with Gasteiger partial charge in [-0.1, -0.05) is 30.8 Å². The van der Waals surface area contributed by atoms with Crippen LogP contribution in [0.2, 0.25) is 0 Å². The number of hydrogen-bond acceptors (Lipinski definition) is 6. The monoisotopic (exact) mass is 420 g/mol. The number of nitrogens with one attached hydrogen (secondary N) is 1. The van der Waals surface area contributed by atoms with Crippen molar-refractivity contribution in [3.05, 3.63) is 82.7 Å². The van der Waals surface area contributed by atoms with Crippen LogP contribution in [0.3, 0.4) is 0 Å². The lowest BCUT2D eigenvalue weighted by molar-refractivity contribution is 0.0955. The van der Waals surface area contributed by atoms with Crippen LogP contribution in [0, 0.1) is 13.8 Å². The number of hydrazone groups is 1. The van der Waals surface area contributed by atoms with Gasteiger partial charge in [-0.3, -0.25) is 4.79 Å². The summed E-state index contributed by atoms with van der Waals surface area (Å²) in [5.74, 6) is 0.654. The lowest BCUT2D eigenvalue weighted by atomic mass is 10.1. The predicted molar refractivity (Wildman–Crippen MR) is 120 cm³/mol. The van der Waals surface area contributed by atoms with Crippen molar-refractivity contribution in [3.8, 4) is 5.75 Å². The molecule has 0 unspecified atom stereocenters. The molecule has 3 rings (SSSR count). The van der Waals surface area contributed by atoms with Crippen LogP contribution in [-0.4, -0.2) is 26.7 Å². The molecule has 0 saturated carbocycles. The number of rotatable bonds is 7. The fourth-order valence-corrected chi connectivity index (χ4v) is 3.75. The molecule has 2 aromatic carbocycles. The summed E-state index contributed by atoms with van der Waals surface area (Å²) in [6.45, 7) is 5.88. The van der Waals surface area contributed by atoms with Crippen LogP contribution in [0.25, 0.3) is 0 Å². The van der Waals surface area contributed by atoms with E-state index in [1.165, 1.54) is 0 Å². The molecule has 0 atom stereocenters. The van der Waals surface area contributed by atoms with E-state index in [2.05, 4.69) is 20.5 Å². The Kier molecular flexibility index (Phi) is 7.19. The number of hydrogen-bond donors (Lipinski definition) is 2. The van der Waals surface area contributed by atoms with Crippen molar-refractivity contribution in [1.82, 2.24) is 15.4 Å². The average Bonchev–Trinajstić information content (AvgIpc) is 2.73. The first-order valence-electron chi connectivity index (χ1n) is 9.65. The number of phenols is 1. The van der Waals surface area contributed by atoms with Crippen molar-refractivity contribution < 1.29 is 9.90 Å². The standard InChI is InChI=1S/C23H24N4O2S/c1-4-21(18-9-11-20(28)12-10-18)26-27-22(29)19-7-5-17(6-8-19)14-30-23-24-15(2)13-16(3)25-23/h5-13,28H,4,14H2,1-3H3,(H,27,29)/b26-21+. The van der Waals surface area contributed by atoms with E-state index < -0.39 is 0 Å².